The van der Waals surface area contributed by atoms with Crippen molar-refractivity contribution in [3.05, 3.63) is 53.1 Å². The molecule has 1 N–H and O–H groups in total. The molecule has 5 heteroatoms. The molecule has 2 rings (SSSR count). The Morgan fingerprint density at radius 1 is 1.33 bits per heavy atom. The molecule has 0 aromatic carbocycles. The van der Waals surface area contributed by atoms with Crippen LogP contribution in [0.5, 0.6) is 5.75 Å². The third kappa shape index (κ3) is 4.85. The molecule has 110 valence electrons. The van der Waals surface area contributed by atoms with Crippen LogP contribution in [-0.4, -0.2) is 29.7 Å². The summed E-state index contributed by atoms with van der Waals surface area (Å²) in [4.78, 5) is 8.13. The maximum absolute atomic E-state index is 6.11. The number of pyridine rings is 2. The molecule has 0 radical (unpaired) electrons. The van der Waals surface area contributed by atoms with Crippen LogP contribution in [0.15, 0.2) is 36.8 Å². The molecule has 0 saturated carbocycles. The zero-order valence-corrected chi connectivity index (χ0v) is 12.8. The lowest BCUT2D eigenvalue weighted by Crippen LogP contribution is -2.28. The van der Waals surface area contributed by atoms with Gasteiger partial charge in [-0.15, -0.1) is 0 Å². The van der Waals surface area contributed by atoms with Crippen molar-refractivity contribution in [1.29, 1.82) is 0 Å². The van der Waals surface area contributed by atoms with Gasteiger partial charge in [0, 0.05) is 24.0 Å². The van der Waals surface area contributed by atoms with Gasteiger partial charge in [0.25, 0.3) is 0 Å². The predicted molar refractivity (Wildman–Crippen MR) is 86.4 cm³/mol. The maximum atomic E-state index is 6.11. The van der Waals surface area contributed by atoms with Crippen molar-refractivity contribution in [2.75, 3.05) is 13.7 Å². The second-order valence-corrected chi connectivity index (χ2v) is 5.02. The fourth-order valence-corrected chi connectivity index (χ4v) is 1.77. The van der Waals surface area contributed by atoms with Crippen LogP contribution in [-0.2, 0) is 0 Å². The highest BCUT2D eigenvalue weighted by molar-refractivity contribution is 6.31. The first-order valence-electron chi connectivity index (χ1n) is 6.72. The second kappa shape index (κ2) is 7.76. The normalized spacial score (nSPS) is 12.5. The second-order valence-electron chi connectivity index (χ2n) is 4.67. The third-order valence-electron chi connectivity index (χ3n) is 3.00. The summed E-state index contributed by atoms with van der Waals surface area (Å²) < 4.78 is 5.68. The van der Waals surface area contributed by atoms with Crippen LogP contribution in [0.25, 0.3) is 12.2 Å². The summed E-state index contributed by atoms with van der Waals surface area (Å²) in [6.07, 6.45) is 9.01. The molecule has 0 bridgehead atoms. The van der Waals surface area contributed by atoms with E-state index in [0.717, 1.165) is 11.1 Å². The van der Waals surface area contributed by atoms with Crippen LogP contribution in [0.3, 0.4) is 0 Å². The third-order valence-corrected chi connectivity index (χ3v) is 3.31. The van der Waals surface area contributed by atoms with Gasteiger partial charge in [-0.3, -0.25) is 4.98 Å². The Kier molecular flexibility index (Phi) is 5.72. The summed E-state index contributed by atoms with van der Waals surface area (Å²) in [5.74, 6) is 0.705. The van der Waals surface area contributed by atoms with E-state index in [2.05, 4.69) is 15.3 Å². The monoisotopic (exact) mass is 302 g/mol. The van der Waals surface area contributed by atoms with Gasteiger partial charge in [0.2, 0.25) is 0 Å². The zero-order chi connectivity index (χ0) is 15.1. The fourth-order valence-electron chi connectivity index (χ4n) is 1.61. The van der Waals surface area contributed by atoms with Crippen molar-refractivity contribution in [2.24, 2.45) is 0 Å². The first-order valence-corrected chi connectivity index (χ1v) is 7.10. The van der Waals surface area contributed by atoms with Gasteiger partial charge in [-0.2, -0.15) is 0 Å². The highest BCUT2D eigenvalue weighted by atomic mass is 35.5. The van der Waals surface area contributed by atoms with Gasteiger partial charge in [-0.1, -0.05) is 23.8 Å². The number of halogens is 1. The maximum Gasteiger partial charge on any atom is 0.138 e. The van der Waals surface area contributed by atoms with Crippen molar-refractivity contribution in [3.8, 4) is 5.75 Å². The van der Waals surface area contributed by atoms with Crippen LogP contribution < -0.4 is 10.1 Å². The van der Waals surface area contributed by atoms with Gasteiger partial charge in [-0.05, 0) is 37.7 Å². The first kappa shape index (κ1) is 15.5. The molecule has 0 saturated heterocycles. The predicted octanol–water partition coefficient (Wildman–Crippen LogP) is 3.29. The summed E-state index contributed by atoms with van der Waals surface area (Å²) >= 11 is 6.11. The van der Waals surface area contributed by atoms with E-state index in [-0.39, 0.29) is 6.04 Å². The smallest absolute Gasteiger partial charge is 0.138 e. The number of ether oxygens (including phenoxy) is 1. The number of nitrogens with one attached hydrogen (secondary N) is 1. The van der Waals surface area contributed by atoms with E-state index in [0.29, 0.717) is 17.5 Å². The lowest BCUT2D eigenvalue weighted by Gasteiger charge is -2.12. The minimum atomic E-state index is 0.275. The Labute approximate surface area is 129 Å². The quantitative estimate of drug-likeness (QED) is 0.832. The molecule has 0 fully saturated rings. The SMILES string of the molecule is C[C@H](COc1cnc(Cl)c(/C=C/c2ccncc2)c1)N[11CH3]. The molecule has 0 unspecified atom stereocenters. The summed E-state index contributed by atoms with van der Waals surface area (Å²) in [5.41, 5.74) is 1.87. The topological polar surface area (TPSA) is 47.0 Å². The van der Waals surface area contributed by atoms with Crippen LogP contribution >= 0.6 is 11.6 Å². The molecule has 2 aromatic rings. The lowest BCUT2D eigenvalue weighted by molar-refractivity contribution is 0.279. The molecule has 1 atom stereocenters. The van der Waals surface area contributed by atoms with Crippen molar-refractivity contribution in [1.82, 2.24) is 15.3 Å². The summed E-state index contributed by atoms with van der Waals surface area (Å²) in [5, 5.41) is 3.57. The van der Waals surface area contributed by atoms with Crippen LogP contribution in [0, 0.1) is 0 Å². The van der Waals surface area contributed by atoms with Gasteiger partial charge >= 0.3 is 0 Å². The molecule has 2 heterocycles. The number of rotatable bonds is 6. The van der Waals surface area contributed by atoms with Crippen molar-refractivity contribution in [3.63, 3.8) is 0 Å². The number of aromatic nitrogens is 2. The van der Waals surface area contributed by atoms with E-state index >= 15 is 0 Å². The van der Waals surface area contributed by atoms with Gasteiger partial charge in [0.05, 0.1) is 6.20 Å². The standard InChI is InChI=1S/C16H18ClN3O/c1-12(18-2)11-21-15-9-14(16(17)20-10-15)4-3-13-5-7-19-8-6-13/h3-10,12,18H,11H2,1-2H3/b4-3+/t12-/m1/s1/i2-1. The number of likely N-dealkylation sites (N-methyl/N-ethyl adjacent to an activating group) is 1. The number of hydrogen-bond acceptors (Lipinski definition) is 4. The molecule has 0 spiro atoms. The average Bonchev–Trinajstić information content (AvgIpc) is 2.53. The summed E-state index contributed by atoms with van der Waals surface area (Å²) in [6.45, 7) is 2.63. The van der Waals surface area contributed by atoms with Crippen LogP contribution in [0.1, 0.15) is 18.1 Å². The lowest BCUT2D eigenvalue weighted by atomic mass is 10.2. The largest absolute Gasteiger partial charge is 0.490 e. The van der Waals surface area contributed by atoms with E-state index in [1.54, 1.807) is 18.6 Å². The van der Waals surface area contributed by atoms with Gasteiger partial charge < -0.3 is 10.1 Å². The fraction of sp³-hybridized carbons (Fsp3) is 0.250. The van der Waals surface area contributed by atoms with Gasteiger partial charge in [0.15, 0.2) is 0 Å². The Morgan fingerprint density at radius 2 is 2.10 bits per heavy atom. The minimum Gasteiger partial charge on any atom is -0.490 e. The van der Waals surface area contributed by atoms with Crippen LogP contribution in [0.2, 0.25) is 5.15 Å². The molecule has 2 aromatic heterocycles. The van der Waals surface area contributed by atoms with Crippen molar-refractivity contribution < 1.29 is 4.74 Å². The summed E-state index contributed by atoms with van der Waals surface area (Å²) in [7, 11) is 1.90. The molecule has 0 aliphatic carbocycles. The highest BCUT2D eigenvalue weighted by Gasteiger charge is 2.04. The Hall–Kier alpha value is -1.91. The number of hydrogen-bond donors (Lipinski definition) is 1. The molecule has 0 aliphatic rings. The first-order chi connectivity index (χ1) is 10.2. The molecule has 0 aliphatic heterocycles. The van der Waals surface area contributed by atoms with Crippen molar-refractivity contribution >= 4 is 23.8 Å². The summed E-state index contributed by atoms with van der Waals surface area (Å²) in [6, 6.07) is 6.01. The van der Waals surface area contributed by atoms with Crippen LogP contribution in [0.4, 0.5) is 0 Å². The molecule has 0 amide bonds. The Morgan fingerprint density at radius 3 is 2.81 bits per heavy atom. The van der Waals surface area contributed by atoms with E-state index in [1.807, 2.05) is 44.3 Å². The zero-order valence-electron chi connectivity index (χ0n) is 12.1. The molecule has 4 nitrogen and oxygen atoms in total. The van der Waals surface area contributed by atoms with Gasteiger partial charge in [-0.25, -0.2) is 4.98 Å². The van der Waals surface area contributed by atoms with Crippen molar-refractivity contribution in [2.45, 2.75) is 13.0 Å². The highest BCUT2D eigenvalue weighted by Crippen LogP contribution is 2.21. The Balaban J connectivity index is 2.10. The molecular formula is C16H18ClN3O. The van der Waals surface area contributed by atoms with Gasteiger partial charge in [0.1, 0.15) is 17.5 Å². The molecular weight excluding hydrogens is 285 g/mol. The Bertz CT molecular complexity index is 602. The molecule has 21 heavy (non-hydrogen) atoms. The number of nitrogens with zero attached hydrogens (tertiary/aromatic N) is 2. The minimum absolute atomic E-state index is 0.275. The van der Waals surface area contributed by atoms with E-state index in [1.165, 1.54) is 0 Å². The van der Waals surface area contributed by atoms with E-state index in [9.17, 15) is 0 Å². The van der Waals surface area contributed by atoms with E-state index < -0.39 is 0 Å². The van der Waals surface area contributed by atoms with E-state index in [4.69, 9.17) is 16.3 Å². The average molecular weight is 303 g/mol.